The van der Waals surface area contributed by atoms with Crippen molar-refractivity contribution in [3.63, 3.8) is 0 Å². The molecule has 1 aliphatic heterocycles. The molecule has 1 aliphatic carbocycles. The Hall–Kier alpha value is -1.02. The number of hydrogen-bond acceptors (Lipinski definition) is 2. The van der Waals surface area contributed by atoms with Crippen molar-refractivity contribution in [3.8, 4) is 0 Å². The highest BCUT2D eigenvalue weighted by atomic mass is 32.2. The summed E-state index contributed by atoms with van der Waals surface area (Å²) >= 11 is 1.87. The van der Waals surface area contributed by atoms with E-state index in [9.17, 15) is 4.79 Å². The van der Waals surface area contributed by atoms with Gasteiger partial charge in [-0.3, -0.25) is 4.79 Å². The van der Waals surface area contributed by atoms with Gasteiger partial charge < -0.3 is 0 Å². The zero-order chi connectivity index (χ0) is 11.0. The van der Waals surface area contributed by atoms with E-state index in [4.69, 9.17) is 0 Å². The summed E-state index contributed by atoms with van der Waals surface area (Å²) in [6, 6.07) is 8.54. The van der Waals surface area contributed by atoms with E-state index < -0.39 is 0 Å². The van der Waals surface area contributed by atoms with Gasteiger partial charge >= 0.3 is 0 Å². The van der Waals surface area contributed by atoms with Gasteiger partial charge in [-0.2, -0.15) is 0 Å². The molecule has 0 aromatic heterocycles. The lowest BCUT2D eigenvalue weighted by molar-refractivity contribution is -0.115. The van der Waals surface area contributed by atoms with E-state index in [0.29, 0.717) is 5.78 Å². The summed E-state index contributed by atoms with van der Waals surface area (Å²) in [5.74, 6) is 1.33. The van der Waals surface area contributed by atoms with Gasteiger partial charge in [0.1, 0.15) is 0 Å². The van der Waals surface area contributed by atoms with Crippen molar-refractivity contribution < 1.29 is 4.79 Å². The second-order valence-corrected chi connectivity index (χ2v) is 5.45. The summed E-state index contributed by atoms with van der Waals surface area (Å²) in [6.45, 7) is 0. The van der Waals surface area contributed by atoms with Gasteiger partial charge in [-0.1, -0.05) is 24.3 Å². The predicted molar refractivity (Wildman–Crippen MR) is 68.4 cm³/mol. The van der Waals surface area contributed by atoms with Crippen LogP contribution in [0.25, 0.3) is 4.91 Å². The summed E-state index contributed by atoms with van der Waals surface area (Å²) in [7, 11) is 0. The summed E-state index contributed by atoms with van der Waals surface area (Å²) in [5.41, 5.74) is 3.82. The number of hydrogen-bond donors (Lipinski definition) is 0. The van der Waals surface area contributed by atoms with E-state index in [1.807, 2.05) is 11.8 Å². The van der Waals surface area contributed by atoms with Gasteiger partial charge in [0.2, 0.25) is 0 Å². The first kappa shape index (κ1) is 10.2. The van der Waals surface area contributed by atoms with Crippen LogP contribution in [0.2, 0.25) is 0 Å². The monoisotopic (exact) mass is 230 g/mol. The van der Waals surface area contributed by atoms with Crippen molar-refractivity contribution in [1.82, 2.24) is 0 Å². The molecule has 0 unspecified atom stereocenters. The first-order chi connectivity index (χ1) is 7.86. The van der Waals surface area contributed by atoms with Crippen molar-refractivity contribution in [2.45, 2.75) is 25.7 Å². The fourth-order valence-corrected chi connectivity index (χ4v) is 3.76. The van der Waals surface area contributed by atoms with Crippen LogP contribution in [0.1, 0.15) is 30.4 Å². The smallest absolute Gasteiger partial charge is 0.160 e. The minimum absolute atomic E-state index is 0.380. The summed E-state index contributed by atoms with van der Waals surface area (Å²) < 4.78 is 0. The van der Waals surface area contributed by atoms with E-state index in [1.165, 1.54) is 16.0 Å². The van der Waals surface area contributed by atoms with Crippen molar-refractivity contribution >= 4 is 22.5 Å². The zero-order valence-corrected chi connectivity index (χ0v) is 9.98. The second kappa shape index (κ2) is 4.10. The highest BCUT2D eigenvalue weighted by Crippen LogP contribution is 2.41. The Morgan fingerprint density at radius 2 is 1.94 bits per heavy atom. The molecular formula is C14H14OS. The van der Waals surface area contributed by atoms with Crippen LogP contribution in [0.15, 0.2) is 29.8 Å². The molecule has 16 heavy (non-hydrogen) atoms. The third-order valence-corrected chi connectivity index (χ3v) is 4.48. The number of Topliss-reactive ketones (excluding diaryl/α,β-unsaturated/α-hetero) is 1. The molecule has 0 bridgehead atoms. The molecule has 3 rings (SSSR count). The Morgan fingerprint density at radius 1 is 1.06 bits per heavy atom. The molecule has 1 aromatic rings. The van der Waals surface area contributed by atoms with E-state index in [-0.39, 0.29) is 0 Å². The normalized spacial score (nSPS) is 20.1. The molecule has 0 saturated heterocycles. The topological polar surface area (TPSA) is 17.1 Å². The molecule has 0 atom stereocenters. The lowest BCUT2D eigenvalue weighted by atomic mass is 10.0. The van der Waals surface area contributed by atoms with Crippen LogP contribution in [-0.2, 0) is 11.2 Å². The van der Waals surface area contributed by atoms with Crippen molar-refractivity contribution in [2.75, 3.05) is 5.75 Å². The van der Waals surface area contributed by atoms with Crippen LogP contribution < -0.4 is 0 Å². The van der Waals surface area contributed by atoms with Crippen LogP contribution >= 0.6 is 11.8 Å². The average molecular weight is 230 g/mol. The Labute approximate surface area is 99.9 Å². The Bertz CT molecular complexity index is 473. The minimum atomic E-state index is 0.380. The molecule has 82 valence electrons. The number of aryl methyl sites for hydroxylation is 1. The van der Waals surface area contributed by atoms with Gasteiger partial charge in [-0.15, -0.1) is 11.8 Å². The summed E-state index contributed by atoms with van der Waals surface area (Å²) in [6.07, 6.45) is 3.92. The molecule has 0 fully saturated rings. The molecule has 2 aliphatic rings. The highest BCUT2D eigenvalue weighted by molar-refractivity contribution is 8.08. The Kier molecular flexibility index (Phi) is 2.60. The third kappa shape index (κ3) is 1.61. The molecular weight excluding hydrogens is 216 g/mol. The first-order valence-corrected chi connectivity index (χ1v) is 6.82. The van der Waals surface area contributed by atoms with Crippen LogP contribution in [-0.4, -0.2) is 11.5 Å². The minimum Gasteiger partial charge on any atom is -0.294 e. The maximum atomic E-state index is 11.9. The van der Waals surface area contributed by atoms with Gasteiger partial charge in [0.05, 0.1) is 0 Å². The summed E-state index contributed by atoms with van der Waals surface area (Å²) in [4.78, 5) is 13.2. The third-order valence-electron chi connectivity index (χ3n) is 3.32. The number of carbonyl (C=O) groups excluding carboxylic acids is 1. The van der Waals surface area contributed by atoms with E-state index >= 15 is 0 Å². The maximum absolute atomic E-state index is 11.9. The zero-order valence-electron chi connectivity index (χ0n) is 9.16. The number of fused-ring (bicyclic) bond motifs is 2. The van der Waals surface area contributed by atoms with Gasteiger partial charge in [0, 0.05) is 22.7 Å². The van der Waals surface area contributed by atoms with Crippen LogP contribution in [0.3, 0.4) is 0 Å². The fourth-order valence-electron chi connectivity index (χ4n) is 2.52. The number of benzene rings is 1. The number of ketones is 1. The van der Waals surface area contributed by atoms with Crippen LogP contribution in [0.5, 0.6) is 0 Å². The Morgan fingerprint density at radius 3 is 2.88 bits per heavy atom. The second-order valence-electron chi connectivity index (χ2n) is 4.34. The molecule has 0 N–H and O–H groups in total. The molecule has 1 nitrogen and oxygen atoms in total. The molecule has 0 spiro atoms. The highest BCUT2D eigenvalue weighted by Gasteiger charge is 2.25. The number of allylic oxidation sites excluding steroid dienone is 1. The molecule has 1 aromatic carbocycles. The maximum Gasteiger partial charge on any atom is 0.160 e. The lowest BCUT2D eigenvalue weighted by Crippen LogP contribution is -2.10. The SMILES string of the molecule is O=C1CCSC2=C1CCCc1ccccc12. The Balaban J connectivity index is 2.18. The quantitative estimate of drug-likeness (QED) is 0.679. The number of carbonyl (C=O) groups is 1. The number of thioether (sulfide) groups is 1. The molecule has 0 amide bonds. The molecule has 0 radical (unpaired) electrons. The standard InChI is InChI=1S/C14H14OS/c15-13-8-9-16-14-11-6-2-1-4-10(11)5-3-7-12(13)14/h1-2,4,6H,3,5,7-9H2. The van der Waals surface area contributed by atoms with Crippen molar-refractivity contribution in [2.24, 2.45) is 0 Å². The predicted octanol–water partition coefficient (Wildman–Crippen LogP) is 3.44. The average Bonchev–Trinajstić information content (AvgIpc) is 2.50. The van der Waals surface area contributed by atoms with E-state index in [2.05, 4.69) is 24.3 Å². The van der Waals surface area contributed by atoms with Crippen LogP contribution in [0.4, 0.5) is 0 Å². The van der Waals surface area contributed by atoms with Gasteiger partial charge in [-0.05, 0) is 30.4 Å². The largest absolute Gasteiger partial charge is 0.294 e. The summed E-state index contributed by atoms with van der Waals surface area (Å²) in [5, 5.41) is 0. The van der Waals surface area contributed by atoms with Gasteiger partial charge in [-0.25, -0.2) is 0 Å². The number of rotatable bonds is 0. The fraction of sp³-hybridized carbons (Fsp3) is 0.357. The van der Waals surface area contributed by atoms with E-state index in [0.717, 1.165) is 37.0 Å². The first-order valence-electron chi connectivity index (χ1n) is 5.83. The van der Waals surface area contributed by atoms with Crippen LogP contribution in [0, 0.1) is 0 Å². The van der Waals surface area contributed by atoms with Crippen molar-refractivity contribution in [1.29, 1.82) is 0 Å². The van der Waals surface area contributed by atoms with E-state index in [1.54, 1.807) is 0 Å². The molecule has 2 heteroatoms. The lowest BCUT2D eigenvalue weighted by Gasteiger charge is -2.18. The van der Waals surface area contributed by atoms with Crippen molar-refractivity contribution in [3.05, 3.63) is 41.0 Å². The van der Waals surface area contributed by atoms with Gasteiger partial charge in [0.15, 0.2) is 5.78 Å². The van der Waals surface area contributed by atoms with Gasteiger partial charge in [0.25, 0.3) is 0 Å². The molecule has 1 heterocycles. The molecule has 0 saturated carbocycles.